The number of hydrogen-bond donors (Lipinski definition) is 2. The smallest absolute Gasteiger partial charge is 0.267 e. The largest absolute Gasteiger partial charge is 0.507 e. The lowest BCUT2D eigenvalue weighted by Crippen LogP contribution is -2.40. The van der Waals surface area contributed by atoms with Gasteiger partial charge in [0.25, 0.3) is 15.9 Å². The molecule has 0 unspecified atom stereocenters. The van der Waals surface area contributed by atoms with Gasteiger partial charge in [0.05, 0.1) is 4.90 Å². The van der Waals surface area contributed by atoms with Crippen molar-refractivity contribution in [2.24, 2.45) is 0 Å². The van der Waals surface area contributed by atoms with Gasteiger partial charge in [0.1, 0.15) is 12.3 Å². The molecule has 0 radical (unpaired) electrons. The summed E-state index contributed by atoms with van der Waals surface area (Å²) in [5.74, 6) is -1.51. The van der Waals surface area contributed by atoms with Crippen LogP contribution in [0, 0.1) is 6.92 Å². The van der Waals surface area contributed by atoms with Crippen molar-refractivity contribution in [2.45, 2.75) is 11.8 Å². The summed E-state index contributed by atoms with van der Waals surface area (Å²) in [4.78, 5) is 24.8. The van der Waals surface area contributed by atoms with Crippen LogP contribution in [0.2, 0.25) is 5.02 Å². The van der Waals surface area contributed by atoms with Crippen LogP contribution in [-0.4, -0.2) is 42.7 Å². The highest BCUT2D eigenvalue weighted by atomic mass is 35.5. The fraction of sp³-hybridized carbons (Fsp3) is 0.158. The normalized spacial score (nSPS) is 16.8. The molecule has 1 heterocycles. The predicted octanol–water partition coefficient (Wildman–Crippen LogP) is 2.08. The molecule has 0 bridgehead atoms. The van der Waals surface area contributed by atoms with E-state index in [0.717, 1.165) is 5.56 Å². The summed E-state index contributed by atoms with van der Waals surface area (Å²) >= 11 is 5.79. The van der Waals surface area contributed by atoms with Crippen molar-refractivity contribution in [3.05, 3.63) is 64.2 Å². The first kappa shape index (κ1) is 19.9. The van der Waals surface area contributed by atoms with Gasteiger partial charge in [-0.2, -0.15) is 0 Å². The Hall–Kier alpha value is -2.84. The molecular weight excluding hydrogens is 404 g/mol. The number of phenolic OH excluding ortho intramolecular Hbond substituents is 1. The number of aryl methyl sites for hydroxylation is 1. The standard InChI is InChI=1S/C19H17ClN2O5S/c1-12-2-7-17(23)13(8-12)9-14-10-21-18(24)11-22(19(14)25)28(26,27)16-5-3-15(20)4-6-16/h2-9,23H,10-11H2,1H3,(H,21,24). The highest BCUT2D eigenvalue weighted by Crippen LogP contribution is 2.25. The number of carbonyl (C=O) groups is 2. The second kappa shape index (κ2) is 7.65. The van der Waals surface area contributed by atoms with E-state index >= 15 is 0 Å². The molecule has 0 aliphatic carbocycles. The van der Waals surface area contributed by atoms with E-state index in [4.69, 9.17) is 11.6 Å². The number of halogens is 1. The maximum atomic E-state index is 13.0. The van der Waals surface area contributed by atoms with Gasteiger partial charge >= 0.3 is 0 Å². The molecule has 1 aliphatic rings. The number of sulfonamides is 1. The second-order valence-corrected chi connectivity index (χ2v) is 8.58. The number of amides is 2. The maximum absolute atomic E-state index is 13.0. The van der Waals surface area contributed by atoms with Crippen LogP contribution in [0.3, 0.4) is 0 Å². The maximum Gasteiger partial charge on any atom is 0.267 e. The number of rotatable bonds is 3. The highest BCUT2D eigenvalue weighted by Gasteiger charge is 2.35. The molecule has 1 saturated heterocycles. The third kappa shape index (κ3) is 4.02. The number of carbonyl (C=O) groups excluding carboxylic acids is 2. The van der Waals surface area contributed by atoms with Crippen molar-refractivity contribution in [3.8, 4) is 5.75 Å². The van der Waals surface area contributed by atoms with Gasteiger partial charge in [0.2, 0.25) is 5.91 Å². The minimum absolute atomic E-state index is 0.0317. The summed E-state index contributed by atoms with van der Waals surface area (Å²) in [6.07, 6.45) is 1.38. The second-order valence-electron chi connectivity index (χ2n) is 6.28. The van der Waals surface area contributed by atoms with Crippen LogP contribution in [0.5, 0.6) is 5.75 Å². The molecule has 146 valence electrons. The molecule has 0 aromatic heterocycles. The van der Waals surface area contributed by atoms with Gasteiger partial charge in [-0.25, -0.2) is 12.7 Å². The van der Waals surface area contributed by atoms with Crippen molar-refractivity contribution in [3.63, 3.8) is 0 Å². The molecule has 3 rings (SSSR count). The first-order chi connectivity index (χ1) is 13.2. The SMILES string of the molecule is Cc1ccc(O)c(C=C2CNC(=O)CN(S(=O)(=O)c3ccc(Cl)cc3)C2=O)c1. The molecule has 2 aromatic rings. The Kier molecular flexibility index (Phi) is 5.44. The summed E-state index contributed by atoms with van der Waals surface area (Å²) in [5, 5.41) is 12.9. The Morgan fingerprint density at radius 1 is 1.14 bits per heavy atom. The Labute approximate surface area is 167 Å². The van der Waals surface area contributed by atoms with Crippen LogP contribution < -0.4 is 5.32 Å². The van der Waals surface area contributed by atoms with Gasteiger partial charge in [0.15, 0.2) is 0 Å². The molecule has 2 N–H and O–H groups in total. The van der Waals surface area contributed by atoms with Gasteiger partial charge in [-0.05, 0) is 49.4 Å². The zero-order valence-electron chi connectivity index (χ0n) is 14.8. The molecule has 9 heteroatoms. The molecule has 7 nitrogen and oxygen atoms in total. The summed E-state index contributed by atoms with van der Waals surface area (Å²) in [6, 6.07) is 10.1. The molecular formula is C19H17ClN2O5S. The summed E-state index contributed by atoms with van der Waals surface area (Å²) in [7, 11) is -4.27. The van der Waals surface area contributed by atoms with E-state index in [-0.39, 0.29) is 22.8 Å². The lowest BCUT2D eigenvalue weighted by molar-refractivity contribution is -0.127. The summed E-state index contributed by atoms with van der Waals surface area (Å²) in [5.41, 5.74) is 1.23. The topological polar surface area (TPSA) is 104 Å². The number of hydrogen-bond acceptors (Lipinski definition) is 5. The Morgan fingerprint density at radius 3 is 2.50 bits per heavy atom. The van der Waals surface area contributed by atoms with Crippen LogP contribution in [0.1, 0.15) is 11.1 Å². The number of aromatic hydroxyl groups is 1. The van der Waals surface area contributed by atoms with E-state index in [9.17, 15) is 23.1 Å². The van der Waals surface area contributed by atoms with Crippen LogP contribution in [0.15, 0.2) is 52.9 Å². The zero-order chi connectivity index (χ0) is 20.5. The Morgan fingerprint density at radius 2 is 1.82 bits per heavy atom. The van der Waals surface area contributed by atoms with E-state index in [1.54, 1.807) is 12.1 Å². The van der Waals surface area contributed by atoms with E-state index in [2.05, 4.69) is 5.32 Å². The third-order valence-corrected chi connectivity index (χ3v) is 6.17. The highest BCUT2D eigenvalue weighted by molar-refractivity contribution is 7.89. The van der Waals surface area contributed by atoms with Crippen LogP contribution in [-0.2, 0) is 19.6 Å². The van der Waals surface area contributed by atoms with Crippen LogP contribution >= 0.6 is 11.6 Å². The average Bonchev–Trinajstić information content (AvgIpc) is 2.79. The van der Waals surface area contributed by atoms with Crippen LogP contribution in [0.25, 0.3) is 6.08 Å². The van der Waals surface area contributed by atoms with Gasteiger partial charge in [-0.15, -0.1) is 0 Å². The third-order valence-electron chi connectivity index (χ3n) is 4.18. The lowest BCUT2D eigenvalue weighted by atomic mass is 10.1. The van der Waals surface area contributed by atoms with Crippen molar-refractivity contribution in [1.29, 1.82) is 0 Å². The van der Waals surface area contributed by atoms with E-state index in [0.29, 0.717) is 14.9 Å². The van der Waals surface area contributed by atoms with E-state index < -0.39 is 28.4 Å². The molecule has 0 spiro atoms. The van der Waals surface area contributed by atoms with Crippen LogP contribution in [0.4, 0.5) is 0 Å². The summed E-state index contributed by atoms with van der Waals surface area (Å²) in [6.45, 7) is 1.02. The minimum Gasteiger partial charge on any atom is -0.507 e. The molecule has 0 atom stereocenters. The monoisotopic (exact) mass is 420 g/mol. The van der Waals surface area contributed by atoms with Gasteiger partial charge in [-0.1, -0.05) is 23.2 Å². The zero-order valence-corrected chi connectivity index (χ0v) is 16.4. The molecule has 2 amide bonds. The Bertz CT molecular complexity index is 1080. The van der Waals surface area contributed by atoms with Gasteiger partial charge in [-0.3, -0.25) is 9.59 Å². The summed E-state index contributed by atoms with van der Waals surface area (Å²) < 4.78 is 26.4. The molecule has 0 saturated carbocycles. The fourth-order valence-corrected chi connectivity index (χ4v) is 4.19. The number of nitrogens with zero attached hydrogens (tertiary/aromatic N) is 1. The van der Waals surface area contributed by atoms with Gasteiger partial charge in [0, 0.05) is 22.7 Å². The number of nitrogens with one attached hydrogen (secondary N) is 1. The fourth-order valence-electron chi connectivity index (χ4n) is 2.71. The van der Waals surface area contributed by atoms with Gasteiger partial charge < -0.3 is 10.4 Å². The lowest BCUT2D eigenvalue weighted by Gasteiger charge is -2.20. The Balaban J connectivity index is 2.05. The first-order valence-electron chi connectivity index (χ1n) is 8.28. The predicted molar refractivity (Wildman–Crippen MR) is 104 cm³/mol. The van der Waals surface area contributed by atoms with E-state index in [1.807, 2.05) is 6.92 Å². The van der Waals surface area contributed by atoms with E-state index in [1.165, 1.54) is 36.4 Å². The quantitative estimate of drug-likeness (QED) is 0.740. The molecule has 28 heavy (non-hydrogen) atoms. The molecule has 2 aromatic carbocycles. The van der Waals surface area contributed by atoms with Crippen molar-refractivity contribution in [1.82, 2.24) is 9.62 Å². The average molecular weight is 421 g/mol. The minimum atomic E-state index is -4.27. The molecule has 1 aliphatic heterocycles. The number of benzene rings is 2. The molecule has 1 fully saturated rings. The van der Waals surface area contributed by atoms with Crippen molar-refractivity contribution < 1.29 is 23.1 Å². The number of phenols is 1. The van der Waals surface area contributed by atoms with Crippen molar-refractivity contribution >= 4 is 39.5 Å². The first-order valence-corrected chi connectivity index (χ1v) is 10.1. The van der Waals surface area contributed by atoms with Crippen molar-refractivity contribution in [2.75, 3.05) is 13.1 Å².